The van der Waals surface area contributed by atoms with Crippen LogP contribution in [0.3, 0.4) is 0 Å². The number of phenols is 1. The molecule has 0 saturated heterocycles. The van der Waals surface area contributed by atoms with Crippen molar-refractivity contribution in [3.63, 3.8) is 0 Å². The standard InChI is InChI=1S/C8H13N3O/c9-3-5-1-6(4-10)8(12)7(11)2-5/h1-2,12H,3-4,9-11H2. The smallest absolute Gasteiger partial charge is 0.142 e. The van der Waals surface area contributed by atoms with Crippen LogP contribution in [0.2, 0.25) is 0 Å². The predicted molar refractivity (Wildman–Crippen MR) is 48.3 cm³/mol. The van der Waals surface area contributed by atoms with Gasteiger partial charge in [-0.25, -0.2) is 0 Å². The van der Waals surface area contributed by atoms with Crippen molar-refractivity contribution in [2.75, 3.05) is 5.73 Å². The van der Waals surface area contributed by atoms with Gasteiger partial charge in [-0.1, -0.05) is 0 Å². The molecule has 0 aromatic heterocycles. The van der Waals surface area contributed by atoms with Crippen LogP contribution in [0, 0.1) is 0 Å². The Kier molecular flexibility index (Phi) is 2.52. The molecule has 0 spiro atoms. The molecule has 0 unspecified atom stereocenters. The Hall–Kier alpha value is -1.26. The van der Waals surface area contributed by atoms with Crippen molar-refractivity contribution < 1.29 is 5.11 Å². The monoisotopic (exact) mass is 167 g/mol. The van der Waals surface area contributed by atoms with Crippen LogP contribution in [0.5, 0.6) is 5.75 Å². The number of aromatic hydroxyl groups is 1. The maximum absolute atomic E-state index is 9.37. The first-order valence-electron chi connectivity index (χ1n) is 3.69. The third kappa shape index (κ3) is 1.49. The number of hydrogen-bond acceptors (Lipinski definition) is 4. The zero-order chi connectivity index (χ0) is 9.14. The van der Waals surface area contributed by atoms with Crippen LogP contribution in [-0.2, 0) is 13.1 Å². The van der Waals surface area contributed by atoms with Gasteiger partial charge in [0.15, 0.2) is 0 Å². The summed E-state index contributed by atoms with van der Waals surface area (Å²) in [6.45, 7) is 0.668. The molecular weight excluding hydrogens is 154 g/mol. The van der Waals surface area contributed by atoms with E-state index in [4.69, 9.17) is 17.2 Å². The lowest BCUT2D eigenvalue weighted by molar-refractivity contribution is 0.471. The van der Waals surface area contributed by atoms with E-state index < -0.39 is 0 Å². The van der Waals surface area contributed by atoms with Crippen molar-refractivity contribution in [2.45, 2.75) is 13.1 Å². The number of anilines is 1. The van der Waals surface area contributed by atoms with Crippen LogP contribution in [0.15, 0.2) is 12.1 Å². The molecule has 1 aromatic rings. The number of nitrogen functional groups attached to an aromatic ring is 1. The lowest BCUT2D eigenvalue weighted by atomic mass is 10.1. The van der Waals surface area contributed by atoms with E-state index >= 15 is 0 Å². The summed E-state index contributed by atoms with van der Waals surface area (Å²) >= 11 is 0. The molecular formula is C8H13N3O. The van der Waals surface area contributed by atoms with Gasteiger partial charge in [-0.2, -0.15) is 0 Å². The van der Waals surface area contributed by atoms with E-state index in [2.05, 4.69) is 0 Å². The fraction of sp³-hybridized carbons (Fsp3) is 0.250. The van der Waals surface area contributed by atoms with E-state index in [9.17, 15) is 5.11 Å². The van der Waals surface area contributed by atoms with Crippen molar-refractivity contribution in [3.05, 3.63) is 23.3 Å². The molecule has 66 valence electrons. The van der Waals surface area contributed by atoms with Crippen molar-refractivity contribution >= 4 is 5.69 Å². The van der Waals surface area contributed by atoms with Crippen LogP contribution < -0.4 is 17.2 Å². The number of hydrogen-bond donors (Lipinski definition) is 4. The summed E-state index contributed by atoms with van der Waals surface area (Å²) in [6, 6.07) is 3.40. The van der Waals surface area contributed by atoms with Gasteiger partial charge >= 0.3 is 0 Å². The molecule has 0 heterocycles. The molecule has 4 heteroatoms. The molecule has 7 N–H and O–H groups in total. The van der Waals surface area contributed by atoms with Crippen LogP contribution in [0.1, 0.15) is 11.1 Å². The highest BCUT2D eigenvalue weighted by atomic mass is 16.3. The molecule has 0 saturated carbocycles. The molecule has 1 rings (SSSR count). The molecule has 0 amide bonds. The zero-order valence-corrected chi connectivity index (χ0v) is 6.75. The van der Waals surface area contributed by atoms with Crippen LogP contribution >= 0.6 is 0 Å². The lowest BCUT2D eigenvalue weighted by Gasteiger charge is -2.07. The van der Waals surface area contributed by atoms with E-state index in [0.717, 1.165) is 5.56 Å². The SMILES string of the molecule is NCc1cc(N)c(O)c(CN)c1. The quantitative estimate of drug-likeness (QED) is 0.365. The number of phenolic OH excluding ortho intramolecular Hbond substituents is 1. The molecule has 12 heavy (non-hydrogen) atoms. The zero-order valence-electron chi connectivity index (χ0n) is 6.75. The van der Waals surface area contributed by atoms with Crippen LogP contribution in [0.4, 0.5) is 5.69 Å². The topological polar surface area (TPSA) is 98.3 Å². The summed E-state index contributed by atoms with van der Waals surface area (Å²) in [5.74, 6) is 0.0645. The highest BCUT2D eigenvalue weighted by molar-refractivity contribution is 5.57. The van der Waals surface area contributed by atoms with E-state index in [0.29, 0.717) is 17.8 Å². The first-order chi connectivity index (χ1) is 5.69. The summed E-state index contributed by atoms with van der Waals surface area (Å²) < 4.78 is 0. The van der Waals surface area contributed by atoms with Crippen molar-refractivity contribution in [1.82, 2.24) is 0 Å². The van der Waals surface area contributed by atoms with E-state index in [1.807, 2.05) is 0 Å². The second-order valence-corrected chi connectivity index (χ2v) is 2.60. The van der Waals surface area contributed by atoms with Crippen molar-refractivity contribution in [1.29, 1.82) is 0 Å². The Morgan fingerprint density at radius 2 is 1.83 bits per heavy atom. The van der Waals surface area contributed by atoms with Gasteiger partial charge in [0.1, 0.15) is 5.75 Å². The molecule has 0 bridgehead atoms. The van der Waals surface area contributed by atoms with Gasteiger partial charge in [0.05, 0.1) is 5.69 Å². The minimum Gasteiger partial charge on any atom is -0.505 e. The molecule has 0 aliphatic rings. The third-order valence-electron chi connectivity index (χ3n) is 1.73. The van der Waals surface area contributed by atoms with Gasteiger partial charge in [0, 0.05) is 18.7 Å². The molecule has 0 aliphatic carbocycles. The molecule has 0 fully saturated rings. The molecule has 1 aromatic carbocycles. The Labute approximate surface area is 71.0 Å². The summed E-state index contributed by atoms with van der Waals surface area (Å²) in [4.78, 5) is 0. The summed E-state index contributed by atoms with van der Waals surface area (Å²) in [5, 5.41) is 9.37. The molecule has 0 radical (unpaired) electrons. The van der Waals surface area contributed by atoms with E-state index in [1.54, 1.807) is 12.1 Å². The average molecular weight is 167 g/mol. The Bertz CT molecular complexity index is 286. The fourth-order valence-electron chi connectivity index (χ4n) is 1.06. The normalized spacial score (nSPS) is 10.2. The van der Waals surface area contributed by atoms with Crippen molar-refractivity contribution in [2.24, 2.45) is 11.5 Å². The molecule has 0 aliphatic heterocycles. The maximum atomic E-state index is 9.37. The third-order valence-corrected chi connectivity index (χ3v) is 1.73. The Morgan fingerprint density at radius 3 is 2.33 bits per heavy atom. The highest BCUT2D eigenvalue weighted by Crippen LogP contribution is 2.26. The van der Waals surface area contributed by atoms with Gasteiger partial charge in [-0.3, -0.25) is 0 Å². The second-order valence-electron chi connectivity index (χ2n) is 2.60. The second kappa shape index (κ2) is 3.42. The van der Waals surface area contributed by atoms with Gasteiger partial charge < -0.3 is 22.3 Å². The first-order valence-corrected chi connectivity index (χ1v) is 3.69. The molecule has 0 atom stereocenters. The summed E-state index contributed by atoms with van der Waals surface area (Å²) in [6.07, 6.45) is 0. The van der Waals surface area contributed by atoms with Gasteiger partial charge in [0.25, 0.3) is 0 Å². The average Bonchev–Trinajstić information content (AvgIpc) is 2.09. The van der Waals surface area contributed by atoms with Gasteiger partial charge in [0.2, 0.25) is 0 Å². The Balaban J connectivity index is 3.19. The van der Waals surface area contributed by atoms with E-state index in [-0.39, 0.29) is 12.3 Å². The molecule has 4 nitrogen and oxygen atoms in total. The van der Waals surface area contributed by atoms with Crippen LogP contribution in [0.25, 0.3) is 0 Å². The van der Waals surface area contributed by atoms with Gasteiger partial charge in [-0.05, 0) is 17.7 Å². The predicted octanol–water partition coefficient (Wildman–Crippen LogP) is -0.108. The summed E-state index contributed by atoms with van der Waals surface area (Å²) in [7, 11) is 0. The van der Waals surface area contributed by atoms with Crippen molar-refractivity contribution in [3.8, 4) is 5.75 Å². The van der Waals surface area contributed by atoms with Gasteiger partial charge in [-0.15, -0.1) is 0 Å². The number of nitrogens with two attached hydrogens (primary N) is 3. The largest absolute Gasteiger partial charge is 0.505 e. The maximum Gasteiger partial charge on any atom is 0.142 e. The number of benzene rings is 1. The first kappa shape index (κ1) is 8.83. The van der Waals surface area contributed by atoms with E-state index in [1.165, 1.54) is 0 Å². The number of rotatable bonds is 2. The minimum absolute atomic E-state index is 0.0645. The fourth-order valence-corrected chi connectivity index (χ4v) is 1.06. The van der Waals surface area contributed by atoms with Crippen LogP contribution in [-0.4, -0.2) is 5.11 Å². The highest BCUT2D eigenvalue weighted by Gasteiger charge is 2.04. The summed E-state index contributed by atoms with van der Waals surface area (Å²) in [5.41, 5.74) is 18.2. The minimum atomic E-state index is 0.0645. The Morgan fingerprint density at radius 1 is 1.17 bits per heavy atom. The lowest BCUT2D eigenvalue weighted by Crippen LogP contribution is -2.03.